The van der Waals surface area contributed by atoms with Crippen LogP contribution in [-0.2, 0) is 6.42 Å². The van der Waals surface area contributed by atoms with E-state index in [0.29, 0.717) is 13.2 Å². The molecule has 0 atom stereocenters. The number of ether oxygens (including phenoxy) is 1. The molecule has 13 heavy (non-hydrogen) atoms. The SMILES string of the molecule is CCc1c(C)cccc1OCCN. The minimum absolute atomic E-state index is 0.567. The molecule has 0 unspecified atom stereocenters. The standard InChI is InChI=1S/C11H17NO/c1-3-10-9(2)5-4-6-11(10)13-8-7-12/h4-6H,3,7-8,12H2,1-2H3. The van der Waals surface area contributed by atoms with Crippen molar-refractivity contribution in [3.8, 4) is 5.75 Å². The van der Waals surface area contributed by atoms with Crippen LogP contribution < -0.4 is 10.5 Å². The van der Waals surface area contributed by atoms with Crippen molar-refractivity contribution in [2.45, 2.75) is 20.3 Å². The van der Waals surface area contributed by atoms with Gasteiger partial charge in [0.1, 0.15) is 12.4 Å². The van der Waals surface area contributed by atoms with E-state index in [1.54, 1.807) is 0 Å². The quantitative estimate of drug-likeness (QED) is 0.766. The van der Waals surface area contributed by atoms with Crippen LogP contribution in [0.25, 0.3) is 0 Å². The largest absolute Gasteiger partial charge is 0.492 e. The monoisotopic (exact) mass is 179 g/mol. The van der Waals surface area contributed by atoms with Gasteiger partial charge in [-0.2, -0.15) is 0 Å². The summed E-state index contributed by atoms with van der Waals surface area (Å²) in [6.45, 7) is 5.40. The van der Waals surface area contributed by atoms with Crippen LogP contribution in [0.5, 0.6) is 5.75 Å². The second kappa shape index (κ2) is 4.87. The zero-order valence-electron chi connectivity index (χ0n) is 8.34. The number of benzene rings is 1. The Labute approximate surface area is 79.7 Å². The smallest absolute Gasteiger partial charge is 0.122 e. The summed E-state index contributed by atoms with van der Waals surface area (Å²) >= 11 is 0. The lowest BCUT2D eigenvalue weighted by atomic mass is 10.1. The second-order valence-electron chi connectivity index (χ2n) is 3.04. The highest BCUT2D eigenvalue weighted by atomic mass is 16.5. The number of aryl methyl sites for hydroxylation is 1. The van der Waals surface area contributed by atoms with Gasteiger partial charge in [-0.05, 0) is 30.5 Å². The zero-order valence-corrected chi connectivity index (χ0v) is 8.34. The summed E-state index contributed by atoms with van der Waals surface area (Å²) in [6, 6.07) is 6.12. The van der Waals surface area contributed by atoms with Gasteiger partial charge in [0, 0.05) is 6.54 Å². The van der Waals surface area contributed by atoms with Gasteiger partial charge in [0.15, 0.2) is 0 Å². The maximum absolute atomic E-state index is 5.53. The average molecular weight is 179 g/mol. The van der Waals surface area contributed by atoms with E-state index in [1.165, 1.54) is 11.1 Å². The third kappa shape index (κ3) is 2.46. The molecule has 2 heteroatoms. The van der Waals surface area contributed by atoms with E-state index in [0.717, 1.165) is 12.2 Å². The summed E-state index contributed by atoms with van der Waals surface area (Å²) in [5.74, 6) is 0.980. The van der Waals surface area contributed by atoms with Gasteiger partial charge in [-0.25, -0.2) is 0 Å². The highest BCUT2D eigenvalue weighted by molar-refractivity contribution is 5.39. The van der Waals surface area contributed by atoms with Gasteiger partial charge < -0.3 is 10.5 Å². The Kier molecular flexibility index (Phi) is 3.77. The summed E-state index contributed by atoms with van der Waals surface area (Å²) in [4.78, 5) is 0. The minimum Gasteiger partial charge on any atom is -0.492 e. The molecular formula is C11H17NO. The molecule has 0 spiro atoms. The van der Waals surface area contributed by atoms with Crippen LogP contribution in [0, 0.1) is 6.92 Å². The summed E-state index contributed by atoms with van der Waals surface area (Å²) in [7, 11) is 0. The summed E-state index contributed by atoms with van der Waals surface area (Å²) in [6.07, 6.45) is 1.01. The van der Waals surface area contributed by atoms with Gasteiger partial charge in [0.25, 0.3) is 0 Å². The fourth-order valence-corrected chi connectivity index (χ4v) is 1.43. The summed E-state index contributed by atoms with van der Waals surface area (Å²) in [5, 5.41) is 0. The van der Waals surface area contributed by atoms with Crippen LogP contribution in [-0.4, -0.2) is 13.2 Å². The first kappa shape index (κ1) is 10.1. The second-order valence-corrected chi connectivity index (χ2v) is 3.04. The van der Waals surface area contributed by atoms with Crippen molar-refractivity contribution in [3.05, 3.63) is 29.3 Å². The Morgan fingerprint density at radius 1 is 1.38 bits per heavy atom. The molecule has 1 rings (SSSR count). The van der Waals surface area contributed by atoms with Crippen molar-refractivity contribution in [1.29, 1.82) is 0 Å². The first-order valence-electron chi connectivity index (χ1n) is 4.71. The van der Waals surface area contributed by atoms with Crippen LogP contribution >= 0.6 is 0 Å². The van der Waals surface area contributed by atoms with E-state index in [4.69, 9.17) is 10.5 Å². The van der Waals surface area contributed by atoms with Crippen molar-refractivity contribution in [3.63, 3.8) is 0 Å². The van der Waals surface area contributed by atoms with Crippen molar-refractivity contribution in [2.75, 3.05) is 13.2 Å². The molecular weight excluding hydrogens is 162 g/mol. The van der Waals surface area contributed by atoms with Gasteiger partial charge >= 0.3 is 0 Å². The molecule has 0 fully saturated rings. The predicted molar refractivity (Wildman–Crippen MR) is 55.1 cm³/mol. The third-order valence-corrected chi connectivity index (χ3v) is 2.10. The Morgan fingerprint density at radius 2 is 2.15 bits per heavy atom. The Hall–Kier alpha value is -1.02. The molecule has 2 N–H and O–H groups in total. The van der Waals surface area contributed by atoms with Gasteiger partial charge in [-0.3, -0.25) is 0 Å². The molecule has 0 aliphatic rings. The number of hydrogen-bond donors (Lipinski definition) is 1. The lowest BCUT2D eigenvalue weighted by Crippen LogP contribution is -2.11. The fourth-order valence-electron chi connectivity index (χ4n) is 1.43. The van der Waals surface area contributed by atoms with Crippen molar-refractivity contribution < 1.29 is 4.74 Å². The maximum atomic E-state index is 5.53. The summed E-state index contributed by atoms with van der Waals surface area (Å²) < 4.78 is 5.53. The van der Waals surface area contributed by atoms with Crippen LogP contribution in [0.15, 0.2) is 18.2 Å². The van der Waals surface area contributed by atoms with E-state index in [-0.39, 0.29) is 0 Å². The van der Waals surface area contributed by atoms with E-state index >= 15 is 0 Å². The first-order valence-corrected chi connectivity index (χ1v) is 4.71. The molecule has 0 bridgehead atoms. The maximum Gasteiger partial charge on any atom is 0.122 e. The molecule has 0 aromatic heterocycles. The van der Waals surface area contributed by atoms with Crippen LogP contribution in [0.4, 0.5) is 0 Å². The topological polar surface area (TPSA) is 35.2 Å². The highest BCUT2D eigenvalue weighted by Gasteiger charge is 2.03. The van der Waals surface area contributed by atoms with Gasteiger partial charge in [-0.1, -0.05) is 19.1 Å². The van der Waals surface area contributed by atoms with Crippen molar-refractivity contribution >= 4 is 0 Å². The van der Waals surface area contributed by atoms with E-state index < -0.39 is 0 Å². The molecule has 0 saturated heterocycles. The van der Waals surface area contributed by atoms with Crippen LogP contribution in [0.2, 0.25) is 0 Å². The molecule has 2 nitrogen and oxygen atoms in total. The molecule has 0 radical (unpaired) electrons. The van der Waals surface area contributed by atoms with Crippen LogP contribution in [0.1, 0.15) is 18.1 Å². The lowest BCUT2D eigenvalue weighted by molar-refractivity contribution is 0.325. The van der Waals surface area contributed by atoms with Crippen molar-refractivity contribution in [2.24, 2.45) is 5.73 Å². The Balaban J connectivity index is 2.85. The fraction of sp³-hybridized carbons (Fsp3) is 0.455. The Morgan fingerprint density at radius 3 is 2.77 bits per heavy atom. The molecule has 1 aromatic rings. The van der Waals surface area contributed by atoms with Gasteiger partial charge in [-0.15, -0.1) is 0 Å². The highest BCUT2D eigenvalue weighted by Crippen LogP contribution is 2.22. The number of hydrogen-bond acceptors (Lipinski definition) is 2. The van der Waals surface area contributed by atoms with E-state index in [9.17, 15) is 0 Å². The normalized spacial score (nSPS) is 10.1. The predicted octanol–water partition coefficient (Wildman–Crippen LogP) is 1.89. The molecule has 0 aliphatic heterocycles. The summed E-state index contributed by atoms with van der Waals surface area (Å²) in [5.41, 5.74) is 7.96. The van der Waals surface area contributed by atoms with E-state index in [1.807, 2.05) is 12.1 Å². The van der Waals surface area contributed by atoms with Gasteiger partial charge in [0.05, 0.1) is 0 Å². The lowest BCUT2D eigenvalue weighted by Gasteiger charge is -2.11. The Bertz CT molecular complexity index is 271. The van der Waals surface area contributed by atoms with Crippen molar-refractivity contribution in [1.82, 2.24) is 0 Å². The average Bonchev–Trinajstić information content (AvgIpc) is 2.15. The third-order valence-electron chi connectivity index (χ3n) is 2.10. The minimum atomic E-state index is 0.567. The number of nitrogens with two attached hydrogens (primary N) is 1. The molecule has 72 valence electrons. The molecule has 1 aromatic carbocycles. The molecule has 0 aliphatic carbocycles. The molecule has 0 amide bonds. The first-order chi connectivity index (χ1) is 6.29. The van der Waals surface area contributed by atoms with Gasteiger partial charge in [0.2, 0.25) is 0 Å². The number of rotatable bonds is 4. The zero-order chi connectivity index (χ0) is 9.68. The molecule has 0 saturated carbocycles. The van der Waals surface area contributed by atoms with Crippen LogP contribution in [0.3, 0.4) is 0 Å². The molecule has 0 heterocycles. The van der Waals surface area contributed by atoms with E-state index in [2.05, 4.69) is 19.9 Å².